The molecule has 1 aromatic carbocycles. The number of rotatable bonds is 10. The number of ether oxygens (including phenoxy) is 4. The summed E-state index contributed by atoms with van der Waals surface area (Å²) in [7, 11) is -0.124. The molecule has 0 aliphatic carbocycles. The second-order valence-electron chi connectivity index (χ2n) is 7.46. The van der Waals surface area contributed by atoms with Crippen molar-refractivity contribution in [2.24, 2.45) is 4.99 Å². The number of nitrogens with one attached hydrogen (secondary N) is 1. The maximum absolute atomic E-state index is 11.7. The van der Waals surface area contributed by atoms with Gasteiger partial charge in [-0.1, -0.05) is 0 Å². The summed E-state index contributed by atoms with van der Waals surface area (Å²) in [6.07, 6.45) is 2.09. The van der Waals surface area contributed by atoms with Gasteiger partial charge >= 0.3 is 0 Å². The Morgan fingerprint density at radius 3 is 2.55 bits per heavy atom. The maximum atomic E-state index is 11.7. The number of aliphatic imine (C=N–C) groups is 1. The molecule has 0 saturated carbocycles. The van der Waals surface area contributed by atoms with Gasteiger partial charge in [-0.25, -0.2) is 13.4 Å². The van der Waals surface area contributed by atoms with E-state index in [0.717, 1.165) is 40.2 Å². The van der Waals surface area contributed by atoms with Gasteiger partial charge in [0.25, 0.3) is 0 Å². The summed E-state index contributed by atoms with van der Waals surface area (Å²) >= 11 is 1.70. The third-order valence-electron chi connectivity index (χ3n) is 4.84. The second kappa shape index (κ2) is 10.1. The molecule has 1 aliphatic heterocycles. The number of thioether (sulfide) groups is 1. The van der Waals surface area contributed by atoms with Crippen LogP contribution in [0.1, 0.15) is 5.69 Å². The highest BCUT2D eigenvalue weighted by Crippen LogP contribution is 2.35. The lowest BCUT2D eigenvalue weighted by Crippen LogP contribution is -2.27. The van der Waals surface area contributed by atoms with Crippen molar-refractivity contribution in [2.45, 2.75) is 11.0 Å². The molecular weight excluding hydrogens is 466 g/mol. The molecule has 0 saturated heterocycles. The summed E-state index contributed by atoms with van der Waals surface area (Å²) in [6.45, 7) is 1.50. The van der Waals surface area contributed by atoms with Crippen LogP contribution in [0.4, 0.5) is 0 Å². The Balaban J connectivity index is 1.70. The molecule has 3 heterocycles. The van der Waals surface area contributed by atoms with Gasteiger partial charge < -0.3 is 23.9 Å². The molecule has 0 atom stereocenters. The van der Waals surface area contributed by atoms with Gasteiger partial charge in [0.2, 0.25) is 5.88 Å². The van der Waals surface area contributed by atoms with E-state index in [1.165, 1.54) is 18.3 Å². The largest absolute Gasteiger partial charge is 0.483 e. The SMILES string of the molecule is COCC(COC)Oc1cc(Oc2ccc(S(C)(=O)=O)cn2)cc2cc(C3=NCCS3)[nH]c12. The number of hydrogen-bond acceptors (Lipinski definition) is 9. The summed E-state index contributed by atoms with van der Waals surface area (Å²) in [5.74, 6) is 2.30. The molecule has 3 aromatic rings. The molecule has 0 unspecified atom stereocenters. The zero-order valence-corrected chi connectivity index (χ0v) is 20.2. The van der Waals surface area contributed by atoms with Crippen LogP contribution in [0.15, 0.2) is 46.4 Å². The minimum atomic E-state index is -3.34. The predicted octanol–water partition coefficient (Wildman–Crippen LogP) is 3.29. The first-order valence-electron chi connectivity index (χ1n) is 10.2. The number of H-pyrrole nitrogens is 1. The molecule has 4 rings (SSSR count). The fourth-order valence-electron chi connectivity index (χ4n) is 3.38. The average molecular weight is 492 g/mol. The highest BCUT2D eigenvalue weighted by atomic mass is 32.2. The monoisotopic (exact) mass is 491 g/mol. The van der Waals surface area contributed by atoms with E-state index in [0.29, 0.717) is 24.7 Å². The minimum absolute atomic E-state index is 0.126. The minimum Gasteiger partial charge on any atom is -0.483 e. The number of pyridine rings is 1. The Kier molecular flexibility index (Phi) is 7.23. The second-order valence-corrected chi connectivity index (χ2v) is 10.6. The van der Waals surface area contributed by atoms with Crippen LogP contribution in [0.5, 0.6) is 17.4 Å². The normalized spacial score (nSPS) is 14.1. The fourth-order valence-corrected chi connectivity index (χ4v) is 4.77. The molecule has 1 N–H and O–H groups in total. The molecule has 33 heavy (non-hydrogen) atoms. The maximum Gasteiger partial charge on any atom is 0.219 e. The third kappa shape index (κ3) is 5.67. The Hall–Kier alpha value is -2.60. The van der Waals surface area contributed by atoms with Crippen LogP contribution in [-0.2, 0) is 19.3 Å². The number of aromatic nitrogens is 2. The number of aromatic amines is 1. The Morgan fingerprint density at radius 1 is 1.15 bits per heavy atom. The lowest BCUT2D eigenvalue weighted by Gasteiger charge is -2.19. The topological polar surface area (TPSA) is 112 Å². The van der Waals surface area contributed by atoms with Gasteiger partial charge in [-0.05, 0) is 18.2 Å². The van der Waals surface area contributed by atoms with Crippen molar-refractivity contribution in [3.63, 3.8) is 0 Å². The molecule has 0 radical (unpaired) electrons. The van der Waals surface area contributed by atoms with Crippen molar-refractivity contribution in [2.75, 3.05) is 46.0 Å². The van der Waals surface area contributed by atoms with Crippen molar-refractivity contribution in [1.82, 2.24) is 9.97 Å². The number of benzene rings is 1. The van der Waals surface area contributed by atoms with Crippen LogP contribution >= 0.6 is 11.8 Å². The summed E-state index contributed by atoms with van der Waals surface area (Å²) in [5, 5.41) is 1.84. The highest BCUT2D eigenvalue weighted by Gasteiger charge is 2.19. The molecule has 2 aromatic heterocycles. The quantitative estimate of drug-likeness (QED) is 0.460. The fraction of sp³-hybridized carbons (Fsp3) is 0.364. The van der Waals surface area contributed by atoms with Crippen LogP contribution in [-0.4, -0.2) is 75.5 Å². The molecule has 0 fully saturated rings. The van der Waals surface area contributed by atoms with E-state index in [1.54, 1.807) is 32.0 Å². The van der Waals surface area contributed by atoms with E-state index < -0.39 is 9.84 Å². The van der Waals surface area contributed by atoms with Gasteiger partial charge in [0.1, 0.15) is 22.6 Å². The van der Waals surface area contributed by atoms with E-state index in [9.17, 15) is 8.42 Å². The van der Waals surface area contributed by atoms with E-state index in [1.807, 2.05) is 12.1 Å². The summed E-state index contributed by atoms with van der Waals surface area (Å²) in [5.41, 5.74) is 1.73. The molecule has 1 aliphatic rings. The average Bonchev–Trinajstić information content (AvgIpc) is 3.44. The first-order valence-corrected chi connectivity index (χ1v) is 13.1. The number of sulfone groups is 1. The highest BCUT2D eigenvalue weighted by molar-refractivity contribution is 8.14. The molecule has 0 bridgehead atoms. The first-order chi connectivity index (χ1) is 15.9. The number of methoxy groups -OCH3 is 2. The first kappa shape index (κ1) is 23.6. The molecule has 176 valence electrons. The molecule has 0 spiro atoms. The van der Waals surface area contributed by atoms with E-state index in [-0.39, 0.29) is 16.9 Å². The van der Waals surface area contributed by atoms with Crippen molar-refractivity contribution in [3.05, 3.63) is 42.2 Å². The van der Waals surface area contributed by atoms with Crippen molar-refractivity contribution in [1.29, 1.82) is 0 Å². The predicted molar refractivity (Wildman–Crippen MR) is 128 cm³/mol. The standard InChI is InChI=1S/C22H25N3O6S2/c1-28-12-16(13-29-2)30-19-10-15(31-20-5-4-17(11-24-20)33(3,26)27)8-14-9-18(25-21(14)19)22-23-6-7-32-22/h4-5,8-11,16,25H,6-7,12-13H2,1-3H3. The van der Waals surface area contributed by atoms with Gasteiger partial charge in [0.15, 0.2) is 9.84 Å². The van der Waals surface area contributed by atoms with Crippen LogP contribution in [0.25, 0.3) is 10.9 Å². The van der Waals surface area contributed by atoms with Crippen molar-refractivity contribution >= 4 is 37.5 Å². The number of fused-ring (bicyclic) bond motifs is 1. The van der Waals surface area contributed by atoms with Gasteiger partial charge in [0, 0.05) is 56.5 Å². The summed E-state index contributed by atoms with van der Waals surface area (Å²) in [4.78, 5) is 12.2. The van der Waals surface area contributed by atoms with Crippen LogP contribution in [0.2, 0.25) is 0 Å². The van der Waals surface area contributed by atoms with Crippen LogP contribution in [0, 0.1) is 0 Å². The molecular formula is C22H25N3O6S2. The van der Waals surface area contributed by atoms with E-state index in [2.05, 4.69) is 15.0 Å². The van der Waals surface area contributed by atoms with Gasteiger partial charge in [-0.2, -0.15) is 0 Å². The molecule has 9 nitrogen and oxygen atoms in total. The van der Waals surface area contributed by atoms with Crippen molar-refractivity contribution < 1.29 is 27.4 Å². The van der Waals surface area contributed by atoms with E-state index in [4.69, 9.17) is 18.9 Å². The Labute approximate surface area is 196 Å². The van der Waals surface area contributed by atoms with Crippen molar-refractivity contribution in [3.8, 4) is 17.4 Å². The number of hydrogen-bond donors (Lipinski definition) is 1. The zero-order chi connectivity index (χ0) is 23.4. The lowest BCUT2D eigenvalue weighted by molar-refractivity contribution is 0.0251. The van der Waals surface area contributed by atoms with Crippen LogP contribution < -0.4 is 9.47 Å². The van der Waals surface area contributed by atoms with Gasteiger partial charge in [-0.15, -0.1) is 11.8 Å². The lowest BCUT2D eigenvalue weighted by atomic mass is 10.2. The zero-order valence-electron chi connectivity index (χ0n) is 18.5. The summed E-state index contributed by atoms with van der Waals surface area (Å²) < 4.78 is 46.0. The number of nitrogens with zero attached hydrogens (tertiary/aromatic N) is 2. The smallest absolute Gasteiger partial charge is 0.219 e. The summed E-state index contributed by atoms with van der Waals surface area (Å²) in [6, 6.07) is 8.62. The molecule has 11 heteroatoms. The van der Waals surface area contributed by atoms with Gasteiger partial charge in [-0.3, -0.25) is 4.99 Å². The molecule has 0 amide bonds. The Bertz CT molecular complexity index is 1250. The van der Waals surface area contributed by atoms with E-state index >= 15 is 0 Å². The van der Waals surface area contributed by atoms with Crippen LogP contribution in [0.3, 0.4) is 0 Å². The Morgan fingerprint density at radius 2 is 1.94 bits per heavy atom. The third-order valence-corrected chi connectivity index (χ3v) is 6.95. The van der Waals surface area contributed by atoms with Gasteiger partial charge in [0.05, 0.1) is 29.3 Å².